The summed E-state index contributed by atoms with van der Waals surface area (Å²) in [6.45, 7) is 5.88. The highest BCUT2D eigenvalue weighted by Gasteiger charge is 2.60. The van der Waals surface area contributed by atoms with Gasteiger partial charge in [0.2, 0.25) is 0 Å². The highest BCUT2D eigenvalue weighted by molar-refractivity contribution is 7.82. The molecular formula is C20H22N2O4S. The van der Waals surface area contributed by atoms with Crippen molar-refractivity contribution in [3.8, 4) is 24.0 Å². The number of allylic oxidation sites excluding steroid dienone is 1. The van der Waals surface area contributed by atoms with Gasteiger partial charge in [-0.2, -0.15) is 23.2 Å². The Morgan fingerprint density at radius 1 is 1.33 bits per heavy atom. The largest absolute Gasteiger partial charge is 0.453 e. The Morgan fingerprint density at radius 2 is 2.00 bits per heavy atom. The van der Waals surface area contributed by atoms with Crippen LogP contribution in [0.4, 0.5) is 0 Å². The molecule has 1 heterocycles. The van der Waals surface area contributed by atoms with Gasteiger partial charge in [-0.15, -0.1) is 5.73 Å². The second-order valence-electron chi connectivity index (χ2n) is 6.65. The number of rotatable bonds is 4. The van der Waals surface area contributed by atoms with Gasteiger partial charge in [-0.25, -0.2) is 0 Å². The predicted octanol–water partition coefficient (Wildman–Crippen LogP) is 2.53. The molecule has 142 valence electrons. The van der Waals surface area contributed by atoms with Crippen molar-refractivity contribution in [1.29, 1.82) is 10.5 Å². The Hall–Kier alpha value is -2.20. The Morgan fingerprint density at radius 3 is 2.56 bits per heavy atom. The minimum atomic E-state index is -1.46. The third kappa shape index (κ3) is 4.22. The van der Waals surface area contributed by atoms with E-state index in [4.69, 9.17) is 26.8 Å². The third-order valence-electron chi connectivity index (χ3n) is 5.11. The van der Waals surface area contributed by atoms with E-state index in [0.717, 1.165) is 0 Å². The van der Waals surface area contributed by atoms with Crippen LogP contribution in [0.3, 0.4) is 0 Å². The maximum Gasteiger partial charge on any atom is 0.303 e. The summed E-state index contributed by atoms with van der Waals surface area (Å²) in [7, 11) is 0. The molecule has 0 amide bonds. The molecule has 1 unspecified atom stereocenters. The summed E-state index contributed by atoms with van der Waals surface area (Å²) in [5.41, 5.74) is 1.30. The van der Waals surface area contributed by atoms with Crippen molar-refractivity contribution in [2.75, 3.05) is 19.8 Å². The lowest BCUT2D eigenvalue weighted by Gasteiger charge is -2.50. The van der Waals surface area contributed by atoms with Crippen LogP contribution in [0, 0.1) is 45.8 Å². The summed E-state index contributed by atoms with van der Waals surface area (Å²) in [4.78, 5) is 10.8. The smallest absolute Gasteiger partial charge is 0.303 e. The minimum absolute atomic E-state index is 0.0129. The number of carbonyl (C=O) groups is 1. The molecule has 27 heavy (non-hydrogen) atoms. The van der Waals surface area contributed by atoms with E-state index >= 15 is 0 Å². The van der Waals surface area contributed by atoms with Crippen LogP contribution in [0.1, 0.15) is 32.6 Å². The van der Waals surface area contributed by atoms with E-state index in [2.05, 4.69) is 36.3 Å². The molecule has 0 N–H and O–H groups in total. The second kappa shape index (κ2) is 8.66. The number of thiol groups is 1. The average Bonchev–Trinajstić information content (AvgIpc) is 3.10. The summed E-state index contributed by atoms with van der Waals surface area (Å²) in [6.07, 6.45) is 3.15. The Kier molecular flexibility index (Phi) is 6.77. The first kappa shape index (κ1) is 21.1. The van der Waals surface area contributed by atoms with Gasteiger partial charge < -0.3 is 14.2 Å². The molecule has 1 aliphatic heterocycles. The van der Waals surface area contributed by atoms with E-state index < -0.39 is 21.9 Å². The standard InChI is InChI=1S/C20H22N2O4S/c1-3-6-17-13-19(25-11-12-26-19)8-9-20(17,27)18(14-21,15-22)7-4-5-10-24-16(2)23/h6,17,27H,1,7-13H2,2H3/t17-,20?/m1/s1. The molecule has 0 bridgehead atoms. The maximum absolute atomic E-state index is 10.8. The minimum Gasteiger partial charge on any atom is -0.453 e. The van der Waals surface area contributed by atoms with Crippen LogP contribution in [0.25, 0.3) is 0 Å². The lowest BCUT2D eigenvalue weighted by atomic mass is 9.61. The van der Waals surface area contributed by atoms with Gasteiger partial charge in [0.25, 0.3) is 0 Å². The van der Waals surface area contributed by atoms with Gasteiger partial charge in [0.15, 0.2) is 17.8 Å². The zero-order valence-corrected chi connectivity index (χ0v) is 16.2. The van der Waals surface area contributed by atoms with E-state index in [1.807, 2.05) is 0 Å². The number of ether oxygens (including phenoxy) is 3. The predicted molar refractivity (Wildman–Crippen MR) is 100 cm³/mol. The van der Waals surface area contributed by atoms with E-state index in [-0.39, 0.29) is 18.9 Å². The number of nitrogens with zero attached hydrogens (tertiary/aromatic N) is 2. The van der Waals surface area contributed by atoms with E-state index in [9.17, 15) is 15.3 Å². The van der Waals surface area contributed by atoms with Crippen molar-refractivity contribution in [2.24, 2.45) is 11.3 Å². The van der Waals surface area contributed by atoms with Crippen molar-refractivity contribution in [3.63, 3.8) is 0 Å². The van der Waals surface area contributed by atoms with Gasteiger partial charge in [0, 0.05) is 32.1 Å². The molecule has 1 aliphatic carbocycles. The third-order valence-corrected chi connectivity index (χ3v) is 6.05. The molecule has 6 nitrogen and oxygen atoms in total. The zero-order valence-electron chi connectivity index (χ0n) is 15.3. The Balaban J connectivity index is 2.30. The fourth-order valence-corrected chi connectivity index (χ4v) is 4.09. The normalized spacial score (nSPS) is 26.0. The maximum atomic E-state index is 10.8. The first-order valence-electron chi connectivity index (χ1n) is 8.65. The topological polar surface area (TPSA) is 92.3 Å². The van der Waals surface area contributed by atoms with Gasteiger partial charge in [0.1, 0.15) is 0 Å². The first-order chi connectivity index (χ1) is 12.9. The van der Waals surface area contributed by atoms with Crippen LogP contribution in [-0.2, 0) is 19.0 Å². The Labute approximate surface area is 165 Å². The molecule has 2 atom stereocenters. The van der Waals surface area contributed by atoms with Crippen molar-refractivity contribution in [2.45, 2.75) is 43.1 Å². The highest BCUT2D eigenvalue weighted by Crippen LogP contribution is 2.55. The molecule has 2 fully saturated rings. The molecule has 0 aromatic carbocycles. The van der Waals surface area contributed by atoms with Crippen molar-refractivity contribution < 1.29 is 19.0 Å². The van der Waals surface area contributed by atoms with Gasteiger partial charge >= 0.3 is 5.97 Å². The molecule has 1 saturated heterocycles. The summed E-state index contributed by atoms with van der Waals surface area (Å²) < 4.78 is 15.4. The quantitative estimate of drug-likeness (QED) is 0.345. The average molecular weight is 386 g/mol. The number of carbonyl (C=O) groups excluding carboxylic acids is 1. The second-order valence-corrected chi connectivity index (χ2v) is 7.45. The monoisotopic (exact) mass is 386 g/mol. The summed E-state index contributed by atoms with van der Waals surface area (Å²) in [5.74, 6) is 4.02. The van der Waals surface area contributed by atoms with Gasteiger partial charge in [-0.1, -0.05) is 18.4 Å². The van der Waals surface area contributed by atoms with Crippen LogP contribution in [0.5, 0.6) is 0 Å². The molecule has 0 aromatic heterocycles. The highest BCUT2D eigenvalue weighted by atomic mass is 32.1. The van der Waals surface area contributed by atoms with Gasteiger partial charge in [0.05, 0.1) is 30.1 Å². The SMILES string of the molecule is C=C=C[C@@H]1CC2(CCC1(S)C(C#N)(C#N)CC#CCOC(C)=O)OCCO2. The lowest BCUT2D eigenvalue weighted by molar-refractivity contribution is -0.190. The van der Waals surface area contributed by atoms with Gasteiger partial charge in [-0.3, -0.25) is 4.79 Å². The van der Waals surface area contributed by atoms with Crippen LogP contribution < -0.4 is 0 Å². The summed E-state index contributed by atoms with van der Waals surface area (Å²) >= 11 is 4.85. The number of hydrogen-bond acceptors (Lipinski definition) is 7. The molecule has 0 radical (unpaired) electrons. The Bertz CT molecular complexity index is 759. The summed E-state index contributed by atoms with van der Waals surface area (Å²) in [6, 6.07) is 4.29. The van der Waals surface area contributed by atoms with Gasteiger partial charge in [-0.05, 0) is 12.5 Å². The lowest BCUT2D eigenvalue weighted by Crippen LogP contribution is -2.54. The molecule has 7 heteroatoms. The molecule has 0 aromatic rings. The number of nitriles is 2. The van der Waals surface area contributed by atoms with Crippen molar-refractivity contribution >= 4 is 18.6 Å². The van der Waals surface area contributed by atoms with E-state index in [1.54, 1.807) is 6.08 Å². The van der Waals surface area contributed by atoms with Crippen LogP contribution in [-0.4, -0.2) is 36.3 Å². The summed E-state index contributed by atoms with van der Waals surface area (Å²) in [5, 5.41) is 19.8. The molecule has 2 aliphatic rings. The molecule has 1 saturated carbocycles. The van der Waals surface area contributed by atoms with Crippen LogP contribution >= 0.6 is 12.6 Å². The van der Waals surface area contributed by atoms with Crippen LogP contribution in [0.15, 0.2) is 18.4 Å². The molecule has 2 rings (SSSR count). The van der Waals surface area contributed by atoms with E-state index in [1.165, 1.54) is 6.92 Å². The fraction of sp³-hybridized carbons (Fsp3) is 0.600. The fourth-order valence-electron chi connectivity index (χ4n) is 3.64. The first-order valence-corrected chi connectivity index (χ1v) is 9.09. The zero-order chi connectivity index (χ0) is 20.0. The van der Waals surface area contributed by atoms with Crippen molar-refractivity contribution in [1.82, 2.24) is 0 Å². The number of esters is 1. The van der Waals surface area contributed by atoms with Crippen molar-refractivity contribution in [3.05, 3.63) is 18.4 Å². The molecular weight excluding hydrogens is 364 g/mol. The number of hydrogen-bond donors (Lipinski definition) is 1. The van der Waals surface area contributed by atoms with E-state index in [0.29, 0.717) is 32.5 Å². The molecule has 1 spiro atoms. The van der Waals surface area contributed by atoms with Crippen LogP contribution in [0.2, 0.25) is 0 Å².